The largest absolute Gasteiger partial charge is 0.367 e. The molecule has 0 unspecified atom stereocenters. The van der Waals surface area contributed by atoms with Gasteiger partial charge in [0.1, 0.15) is 0 Å². The molecule has 0 bridgehead atoms. The third-order valence-corrected chi connectivity index (χ3v) is 6.47. The van der Waals surface area contributed by atoms with Gasteiger partial charge >= 0.3 is 0 Å². The molecule has 6 nitrogen and oxygen atoms in total. The molecule has 2 aromatic rings. The van der Waals surface area contributed by atoms with E-state index in [-0.39, 0.29) is 5.91 Å². The molecule has 1 amide bonds. The lowest BCUT2D eigenvalue weighted by Gasteiger charge is -2.33. The second-order valence-electron chi connectivity index (χ2n) is 6.52. The van der Waals surface area contributed by atoms with Gasteiger partial charge in [-0.3, -0.25) is 4.79 Å². The van der Waals surface area contributed by atoms with E-state index in [0.717, 1.165) is 5.56 Å². The molecule has 0 saturated carbocycles. The Morgan fingerprint density at radius 1 is 1.04 bits per heavy atom. The summed E-state index contributed by atoms with van der Waals surface area (Å²) in [6.07, 6.45) is 3.36. The zero-order valence-electron chi connectivity index (χ0n) is 14.5. The standard InChI is InChI=1S/C18H23N3O3S/c1-14(2)15-3-5-17(6-4-15)25(23,24)21-11-9-20(10-12-21)18(22)16-7-8-19-13-16/h3-8,13-14,19H,9-12H2,1-2H3. The van der Waals surface area contributed by atoms with E-state index >= 15 is 0 Å². The zero-order valence-corrected chi connectivity index (χ0v) is 15.3. The van der Waals surface area contributed by atoms with Gasteiger partial charge in [-0.05, 0) is 29.7 Å². The number of nitrogens with one attached hydrogen (secondary N) is 1. The maximum absolute atomic E-state index is 12.8. The first-order valence-electron chi connectivity index (χ1n) is 8.42. The van der Waals surface area contributed by atoms with Gasteiger partial charge < -0.3 is 9.88 Å². The van der Waals surface area contributed by atoms with Crippen LogP contribution in [-0.4, -0.2) is 54.7 Å². The lowest BCUT2D eigenvalue weighted by Crippen LogP contribution is -2.50. The summed E-state index contributed by atoms with van der Waals surface area (Å²) in [5.41, 5.74) is 1.71. The third-order valence-electron chi connectivity index (χ3n) is 4.56. The van der Waals surface area contributed by atoms with Crippen LogP contribution in [-0.2, 0) is 10.0 Å². The summed E-state index contributed by atoms with van der Waals surface area (Å²) in [5.74, 6) is 0.291. The molecule has 3 rings (SSSR count). The SMILES string of the molecule is CC(C)c1ccc(S(=O)(=O)N2CCN(C(=O)c3cc[nH]c3)CC2)cc1. The van der Waals surface area contributed by atoms with Crippen molar-refractivity contribution in [2.24, 2.45) is 0 Å². The lowest BCUT2D eigenvalue weighted by molar-refractivity contribution is 0.0698. The molecule has 1 aliphatic rings. The first-order chi connectivity index (χ1) is 11.9. The minimum atomic E-state index is -3.52. The van der Waals surface area contributed by atoms with Crippen LogP contribution in [0.15, 0.2) is 47.6 Å². The minimum Gasteiger partial charge on any atom is -0.367 e. The Morgan fingerprint density at radius 3 is 2.20 bits per heavy atom. The van der Waals surface area contributed by atoms with Gasteiger partial charge in [0.2, 0.25) is 10.0 Å². The maximum Gasteiger partial charge on any atom is 0.255 e. The summed E-state index contributed by atoms with van der Waals surface area (Å²) >= 11 is 0. The second-order valence-corrected chi connectivity index (χ2v) is 8.46. The number of sulfonamides is 1. The Labute approximate surface area is 148 Å². The molecule has 25 heavy (non-hydrogen) atoms. The Balaban J connectivity index is 1.68. The van der Waals surface area contributed by atoms with Crippen LogP contribution in [0.2, 0.25) is 0 Å². The van der Waals surface area contributed by atoms with Gasteiger partial charge in [0.05, 0.1) is 10.5 Å². The molecule has 0 radical (unpaired) electrons. The van der Waals surface area contributed by atoms with E-state index < -0.39 is 10.0 Å². The number of carbonyl (C=O) groups is 1. The summed E-state index contributed by atoms with van der Waals surface area (Å²) in [6, 6.07) is 8.79. The van der Waals surface area contributed by atoms with E-state index in [1.54, 1.807) is 35.5 Å². The maximum atomic E-state index is 12.8. The normalized spacial score (nSPS) is 16.4. The highest BCUT2D eigenvalue weighted by atomic mass is 32.2. The first-order valence-corrected chi connectivity index (χ1v) is 9.86. The fourth-order valence-corrected chi connectivity index (χ4v) is 4.37. The Bertz CT molecular complexity index is 819. The molecule has 0 spiro atoms. The van der Waals surface area contributed by atoms with Crippen LogP contribution in [0.4, 0.5) is 0 Å². The average molecular weight is 361 g/mol. The fraction of sp³-hybridized carbons (Fsp3) is 0.389. The van der Waals surface area contributed by atoms with Gasteiger partial charge in [-0.15, -0.1) is 0 Å². The summed E-state index contributed by atoms with van der Waals surface area (Å²) < 4.78 is 27.0. The van der Waals surface area contributed by atoms with Gasteiger partial charge in [0.25, 0.3) is 5.91 Å². The Morgan fingerprint density at radius 2 is 1.68 bits per heavy atom. The number of rotatable bonds is 4. The van der Waals surface area contributed by atoms with Crippen molar-refractivity contribution in [1.29, 1.82) is 0 Å². The van der Waals surface area contributed by atoms with Crippen LogP contribution in [0.1, 0.15) is 35.7 Å². The number of H-pyrrole nitrogens is 1. The van der Waals surface area contributed by atoms with Gasteiger partial charge in [0, 0.05) is 38.6 Å². The zero-order chi connectivity index (χ0) is 18.0. The predicted molar refractivity (Wildman–Crippen MR) is 96.0 cm³/mol. The highest BCUT2D eigenvalue weighted by Gasteiger charge is 2.30. The quantitative estimate of drug-likeness (QED) is 0.908. The van der Waals surface area contributed by atoms with E-state index in [4.69, 9.17) is 0 Å². The Kier molecular flexibility index (Phi) is 4.96. The lowest BCUT2D eigenvalue weighted by atomic mass is 10.0. The molecule has 2 heterocycles. The molecule has 1 aliphatic heterocycles. The van der Waals surface area contributed by atoms with Crippen molar-refractivity contribution >= 4 is 15.9 Å². The Hall–Kier alpha value is -2.12. The van der Waals surface area contributed by atoms with Crippen molar-refractivity contribution in [3.05, 3.63) is 53.9 Å². The van der Waals surface area contributed by atoms with Gasteiger partial charge in [-0.25, -0.2) is 8.42 Å². The molecule has 1 fully saturated rings. The van der Waals surface area contributed by atoms with Crippen LogP contribution in [0.3, 0.4) is 0 Å². The molecule has 1 N–H and O–H groups in total. The van der Waals surface area contributed by atoms with Crippen molar-refractivity contribution in [3.63, 3.8) is 0 Å². The minimum absolute atomic E-state index is 0.0698. The topological polar surface area (TPSA) is 73.5 Å². The fourth-order valence-electron chi connectivity index (χ4n) is 2.94. The number of carbonyl (C=O) groups excluding carboxylic acids is 1. The number of hydrogen-bond donors (Lipinski definition) is 1. The van der Waals surface area contributed by atoms with E-state index in [2.05, 4.69) is 18.8 Å². The van der Waals surface area contributed by atoms with Crippen molar-refractivity contribution in [2.45, 2.75) is 24.7 Å². The van der Waals surface area contributed by atoms with Gasteiger partial charge in [-0.2, -0.15) is 4.31 Å². The van der Waals surface area contributed by atoms with E-state index in [9.17, 15) is 13.2 Å². The molecular weight excluding hydrogens is 338 g/mol. The molecule has 0 atom stereocenters. The molecular formula is C18H23N3O3S. The van der Waals surface area contributed by atoms with Crippen molar-refractivity contribution in [3.8, 4) is 0 Å². The van der Waals surface area contributed by atoms with Gasteiger partial charge in [0.15, 0.2) is 0 Å². The monoisotopic (exact) mass is 361 g/mol. The third kappa shape index (κ3) is 3.62. The summed E-state index contributed by atoms with van der Waals surface area (Å²) in [5, 5.41) is 0. The van der Waals surface area contributed by atoms with E-state index in [1.165, 1.54) is 4.31 Å². The number of aromatic amines is 1. The number of benzene rings is 1. The van der Waals surface area contributed by atoms with Crippen LogP contribution in [0.5, 0.6) is 0 Å². The summed E-state index contributed by atoms with van der Waals surface area (Å²) in [7, 11) is -3.52. The van der Waals surface area contributed by atoms with Crippen LogP contribution in [0, 0.1) is 0 Å². The number of hydrogen-bond acceptors (Lipinski definition) is 3. The first kappa shape index (κ1) is 17.7. The number of aromatic nitrogens is 1. The molecule has 1 saturated heterocycles. The summed E-state index contributed by atoms with van der Waals surface area (Å²) in [4.78, 5) is 17.2. The molecule has 0 aliphatic carbocycles. The molecule has 7 heteroatoms. The van der Waals surface area contributed by atoms with E-state index in [1.807, 2.05) is 12.1 Å². The summed E-state index contributed by atoms with van der Waals surface area (Å²) in [6.45, 7) is 5.56. The van der Waals surface area contributed by atoms with Crippen molar-refractivity contribution < 1.29 is 13.2 Å². The average Bonchev–Trinajstić information content (AvgIpc) is 3.16. The van der Waals surface area contributed by atoms with Crippen LogP contribution < -0.4 is 0 Å². The second kappa shape index (κ2) is 7.01. The molecule has 1 aromatic heterocycles. The predicted octanol–water partition coefficient (Wildman–Crippen LogP) is 2.28. The molecule has 1 aromatic carbocycles. The molecule has 134 valence electrons. The number of nitrogens with zero attached hydrogens (tertiary/aromatic N) is 2. The smallest absolute Gasteiger partial charge is 0.255 e. The number of piperazine rings is 1. The highest BCUT2D eigenvalue weighted by Crippen LogP contribution is 2.21. The highest BCUT2D eigenvalue weighted by molar-refractivity contribution is 7.89. The van der Waals surface area contributed by atoms with Crippen LogP contribution in [0.25, 0.3) is 0 Å². The number of amides is 1. The van der Waals surface area contributed by atoms with E-state index in [0.29, 0.717) is 42.6 Å². The van der Waals surface area contributed by atoms with Crippen molar-refractivity contribution in [2.75, 3.05) is 26.2 Å². The van der Waals surface area contributed by atoms with Crippen LogP contribution >= 0.6 is 0 Å². The van der Waals surface area contributed by atoms with Gasteiger partial charge in [-0.1, -0.05) is 26.0 Å². The van der Waals surface area contributed by atoms with Crippen molar-refractivity contribution in [1.82, 2.24) is 14.2 Å².